The van der Waals surface area contributed by atoms with Crippen LogP contribution in [-0.4, -0.2) is 11.0 Å². The Morgan fingerprint density at radius 2 is 2.00 bits per heavy atom. The number of hydrogen-bond acceptors (Lipinski definition) is 5. The van der Waals surface area contributed by atoms with Crippen molar-refractivity contribution in [3.8, 4) is 5.75 Å². The molecule has 24 heavy (non-hydrogen) atoms. The van der Waals surface area contributed by atoms with E-state index < -0.39 is 5.97 Å². The van der Waals surface area contributed by atoms with Gasteiger partial charge in [-0.1, -0.05) is 18.2 Å². The Labute approximate surface area is 142 Å². The second kappa shape index (κ2) is 7.70. The lowest BCUT2D eigenvalue weighted by molar-refractivity contribution is 0.0472. The van der Waals surface area contributed by atoms with Crippen molar-refractivity contribution < 1.29 is 18.7 Å². The molecule has 6 heteroatoms. The zero-order valence-electron chi connectivity index (χ0n) is 12.6. The van der Waals surface area contributed by atoms with E-state index in [0.29, 0.717) is 23.5 Å². The number of benzene rings is 2. The van der Waals surface area contributed by atoms with E-state index in [-0.39, 0.29) is 12.4 Å². The van der Waals surface area contributed by atoms with Crippen LogP contribution in [0.5, 0.6) is 5.75 Å². The number of nitrogens with zero attached hydrogens (tertiary/aromatic N) is 1. The highest BCUT2D eigenvalue weighted by Crippen LogP contribution is 2.17. The van der Waals surface area contributed by atoms with Gasteiger partial charge in [-0.15, -0.1) is 11.3 Å². The molecule has 0 fully saturated rings. The highest BCUT2D eigenvalue weighted by atomic mass is 32.1. The van der Waals surface area contributed by atoms with Crippen molar-refractivity contribution in [3.63, 3.8) is 0 Å². The summed E-state index contributed by atoms with van der Waals surface area (Å²) in [5, 5.41) is 1.90. The Balaban J connectivity index is 1.59. The molecule has 0 N–H and O–H groups in total. The number of thiazole rings is 1. The standard InChI is InChI=1S/C18H14FNO3S/c19-15-5-1-3-13(7-15)9-23-18(21)14-4-2-6-17(8-14)22-10-16-11-24-12-20-16/h1-8,11-12H,9-10H2. The van der Waals surface area contributed by atoms with Crippen LogP contribution in [0.3, 0.4) is 0 Å². The van der Waals surface area contributed by atoms with E-state index in [1.54, 1.807) is 41.9 Å². The molecule has 0 unspecified atom stereocenters. The zero-order valence-corrected chi connectivity index (χ0v) is 13.5. The molecule has 1 aromatic heterocycles. The first-order chi connectivity index (χ1) is 11.7. The lowest BCUT2D eigenvalue weighted by Gasteiger charge is -2.08. The van der Waals surface area contributed by atoms with Crippen LogP contribution in [0.25, 0.3) is 0 Å². The fourth-order valence-corrected chi connectivity index (χ4v) is 2.58. The molecule has 0 bridgehead atoms. The van der Waals surface area contributed by atoms with Gasteiger partial charge < -0.3 is 9.47 Å². The van der Waals surface area contributed by atoms with Crippen LogP contribution in [0.4, 0.5) is 4.39 Å². The fraction of sp³-hybridized carbons (Fsp3) is 0.111. The van der Waals surface area contributed by atoms with E-state index in [0.717, 1.165) is 5.69 Å². The molecule has 2 aromatic carbocycles. The summed E-state index contributed by atoms with van der Waals surface area (Å²) in [5.74, 6) is -0.289. The maximum absolute atomic E-state index is 13.1. The first-order valence-corrected chi connectivity index (χ1v) is 8.16. The van der Waals surface area contributed by atoms with Gasteiger partial charge in [0, 0.05) is 5.38 Å². The topological polar surface area (TPSA) is 48.4 Å². The van der Waals surface area contributed by atoms with E-state index in [1.807, 2.05) is 5.38 Å². The van der Waals surface area contributed by atoms with Crippen molar-refractivity contribution in [1.29, 1.82) is 0 Å². The molecule has 0 spiro atoms. The normalized spacial score (nSPS) is 10.4. The summed E-state index contributed by atoms with van der Waals surface area (Å²) in [4.78, 5) is 16.2. The summed E-state index contributed by atoms with van der Waals surface area (Å²) in [5.41, 5.74) is 3.54. The molecule has 122 valence electrons. The van der Waals surface area contributed by atoms with Gasteiger partial charge in [0.05, 0.1) is 16.8 Å². The van der Waals surface area contributed by atoms with Gasteiger partial charge in [0.1, 0.15) is 24.8 Å². The molecule has 0 atom stereocenters. The smallest absolute Gasteiger partial charge is 0.338 e. The lowest BCUT2D eigenvalue weighted by Crippen LogP contribution is -2.06. The molecule has 3 rings (SSSR count). The number of aromatic nitrogens is 1. The maximum atomic E-state index is 13.1. The van der Waals surface area contributed by atoms with Crippen LogP contribution in [0.1, 0.15) is 21.6 Å². The van der Waals surface area contributed by atoms with E-state index >= 15 is 0 Å². The van der Waals surface area contributed by atoms with Crippen LogP contribution in [0, 0.1) is 5.82 Å². The number of esters is 1. The quantitative estimate of drug-likeness (QED) is 0.629. The van der Waals surface area contributed by atoms with Gasteiger partial charge in [-0.3, -0.25) is 0 Å². The number of ether oxygens (including phenoxy) is 2. The largest absolute Gasteiger partial charge is 0.487 e. The van der Waals surface area contributed by atoms with Gasteiger partial charge in [-0.05, 0) is 35.9 Å². The van der Waals surface area contributed by atoms with Gasteiger partial charge in [0.15, 0.2) is 0 Å². The molecular formula is C18H14FNO3S. The third-order valence-electron chi connectivity index (χ3n) is 3.20. The number of hydrogen-bond donors (Lipinski definition) is 0. The number of halogens is 1. The van der Waals surface area contributed by atoms with Gasteiger partial charge in [0.25, 0.3) is 0 Å². The SMILES string of the molecule is O=C(OCc1cccc(F)c1)c1cccc(OCc2cscn2)c1. The van der Waals surface area contributed by atoms with Crippen molar-refractivity contribution >= 4 is 17.3 Å². The number of carbonyl (C=O) groups excluding carboxylic acids is 1. The summed E-state index contributed by atoms with van der Waals surface area (Å²) in [6.07, 6.45) is 0. The highest BCUT2D eigenvalue weighted by molar-refractivity contribution is 7.07. The molecule has 3 aromatic rings. The number of carbonyl (C=O) groups is 1. The van der Waals surface area contributed by atoms with Gasteiger partial charge in [0.2, 0.25) is 0 Å². The predicted octanol–water partition coefficient (Wildman–Crippen LogP) is 4.22. The Bertz CT molecular complexity index is 821. The van der Waals surface area contributed by atoms with Crippen LogP contribution in [0.2, 0.25) is 0 Å². The van der Waals surface area contributed by atoms with E-state index in [1.165, 1.54) is 23.5 Å². The third kappa shape index (κ3) is 4.39. The Kier molecular flexibility index (Phi) is 5.18. The summed E-state index contributed by atoms with van der Waals surface area (Å²) in [6.45, 7) is 0.353. The molecule has 4 nitrogen and oxygen atoms in total. The average molecular weight is 343 g/mol. The first-order valence-electron chi connectivity index (χ1n) is 7.22. The minimum absolute atomic E-state index is 0.0144. The first kappa shape index (κ1) is 16.1. The minimum Gasteiger partial charge on any atom is -0.487 e. The van der Waals surface area contributed by atoms with Crippen molar-refractivity contribution in [3.05, 3.63) is 82.1 Å². The van der Waals surface area contributed by atoms with Crippen molar-refractivity contribution in [2.24, 2.45) is 0 Å². The van der Waals surface area contributed by atoms with Gasteiger partial charge >= 0.3 is 5.97 Å². The Hall–Kier alpha value is -2.73. The Morgan fingerprint density at radius 1 is 1.12 bits per heavy atom. The molecule has 0 aliphatic heterocycles. The fourth-order valence-electron chi connectivity index (χ4n) is 2.04. The summed E-state index contributed by atoms with van der Waals surface area (Å²) < 4.78 is 23.9. The second-order valence-corrected chi connectivity index (χ2v) is 5.72. The predicted molar refractivity (Wildman–Crippen MR) is 88.4 cm³/mol. The minimum atomic E-state index is -0.488. The van der Waals surface area contributed by atoms with E-state index in [9.17, 15) is 9.18 Å². The molecule has 0 aliphatic rings. The molecule has 1 heterocycles. The molecule has 0 aliphatic carbocycles. The Morgan fingerprint density at radius 3 is 2.79 bits per heavy atom. The van der Waals surface area contributed by atoms with E-state index in [2.05, 4.69) is 4.98 Å². The highest BCUT2D eigenvalue weighted by Gasteiger charge is 2.09. The molecule has 0 amide bonds. The molecular weight excluding hydrogens is 329 g/mol. The summed E-state index contributed by atoms with van der Waals surface area (Å²) >= 11 is 1.50. The maximum Gasteiger partial charge on any atom is 0.338 e. The van der Waals surface area contributed by atoms with E-state index in [4.69, 9.17) is 9.47 Å². The third-order valence-corrected chi connectivity index (χ3v) is 3.83. The average Bonchev–Trinajstić information content (AvgIpc) is 3.12. The van der Waals surface area contributed by atoms with Crippen LogP contribution in [0.15, 0.2) is 59.4 Å². The van der Waals surface area contributed by atoms with Crippen molar-refractivity contribution in [1.82, 2.24) is 4.98 Å². The van der Waals surface area contributed by atoms with Crippen molar-refractivity contribution in [2.75, 3.05) is 0 Å². The lowest BCUT2D eigenvalue weighted by atomic mass is 10.2. The number of rotatable bonds is 6. The molecule has 0 saturated carbocycles. The van der Waals surface area contributed by atoms with Crippen LogP contribution < -0.4 is 4.74 Å². The monoisotopic (exact) mass is 343 g/mol. The van der Waals surface area contributed by atoms with Gasteiger partial charge in [-0.25, -0.2) is 14.2 Å². The molecule has 0 radical (unpaired) electrons. The van der Waals surface area contributed by atoms with Crippen LogP contribution >= 0.6 is 11.3 Å². The molecule has 0 saturated heterocycles. The zero-order chi connectivity index (χ0) is 16.8. The second-order valence-electron chi connectivity index (χ2n) is 5.00. The van der Waals surface area contributed by atoms with Crippen molar-refractivity contribution in [2.45, 2.75) is 13.2 Å². The van der Waals surface area contributed by atoms with Crippen LogP contribution in [-0.2, 0) is 18.0 Å². The summed E-state index contributed by atoms with van der Waals surface area (Å²) in [7, 11) is 0. The summed E-state index contributed by atoms with van der Waals surface area (Å²) in [6, 6.07) is 12.7. The van der Waals surface area contributed by atoms with Gasteiger partial charge in [-0.2, -0.15) is 0 Å².